The highest BCUT2D eigenvalue weighted by atomic mass is 16.1. The molecule has 0 aliphatic carbocycles. The summed E-state index contributed by atoms with van der Waals surface area (Å²) in [5.74, 6) is 0.0807. The number of nitrogens with zero attached hydrogens (tertiary/aromatic N) is 1. The van der Waals surface area contributed by atoms with E-state index in [2.05, 4.69) is 43.1 Å². The van der Waals surface area contributed by atoms with E-state index in [-0.39, 0.29) is 5.78 Å². The average Bonchev–Trinajstić information content (AvgIpc) is 2.53. The molecular formula is C19H21NO. The molecule has 21 heavy (non-hydrogen) atoms. The van der Waals surface area contributed by atoms with Crippen molar-refractivity contribution in [2.75, 3.05) is 0 Å². The minimum Gasteiger partial charge on any atom is -0.289 e. The molecule has 0 N–H and O–H groups in total. The molecule has 0 amide bonds. The third kappa shape index (κ3) is 4.38. The molecule has 1 heterocycles. The highest BCUT2D eigenvalue weighted by Crippen LogP contribution is 2.18. The SMILES string of the molecule is CCCC/C(=C/c1ccc(C)cc1)C(=O)c1cccnc1. The number of unbranched alkanes of at least 4 members (excludes halogenated alkanes) is 1. The summed E-state index contributed by atoms with van der Waals surface area (Å²) in [7, 11) is 0. The first-order chi connectivity index (χ1) is 10.2. The van der Waals surface area contributed by atoms with Crippen molar-refractivity contribution in [3.8, 4) is 0 Å². The molecule has 0 bridgehead atoms. The number of benzene rings is 1. The van der Waals surface area contributed by atoms with Crippen LogP contribution in [-0.4, -0.2) is 10.8 Å². The van der Waals surface area contributed by atoms with Crippen molar-refractivity contribution >= 4 is 11.9 Å². The molecule has 0 radical (unpaired) electrons. The summed E-state index contributed by atoms with van der Waals surface area (Å²) in [6.45, 7) is 4.20. The first kappa shape index (κ1) is 15.2. The van der Waals surface area contributed by atoms with Crippen LogP contribution < -0.4 is 0 Å². The van der Waals surface area contributed by atoms with E-state index >= 15 is 0 Å². The van der Waals surface area contributed by atoms with Crippen LogP contribution in [0.5, 0.6) is 0 Å². The summed E-state index contributed by atoms with van der Waals surface area (Å²) in [6.07, 6.45) is 8.22. The summed E-state index contributed by atoms with van der Waals surface area (Å²) in [5.41, 5.74) is 3.81. The van der Waals surface area contributed by atoms with E-state index in [9.17, 15) is 4.79 Å². The Morgan fingerprint density at radius 1 is 1.19 bits per heavy atom. The zero-order chi connectivity index (χ0) is 15.1. The van der Waals surface area contributed by atoms with Crippen LogP contribution in [0.4, 0.5) is 0 Å². The first-order valence-corrected chi connectivity index (χ1v) is 7.42. The largest absolute Gasteiger partial charge is 0.289 e. The molecule has 0 unspecified atom stereocenters. The lowest BCUT2D eigenvalue weighted by molar-refractivity contribution is 0.103. The Labute approximate surface area is 126 Å². The maximum Gasteiger partial charge on any atom is 0.190 e. The van der Waals surface area contributed by atoms with Gasteiger partial charge in [0.1, 0.15) is 0 Å². The zero-order valence-corrected chi connectivity index (χ0v) is 12.7. The summed E-state index contributed by atoms with van der Waals surface area (Å²) in [4.78, 5) is 16.7. The Morgan fingerprint density at radius 3 is 2.57 bits per heavy atom. The highest BCUT2D eigenvalue weighted by molar-refractivity contribution is 6.11. The van der Waals surface area contributed by atoms with Gasteiger partial charge in [-0.25, -0.2) is 0 Å². The van der Waals surface area contributed by atoms with Gasteiger partial charge in [0.15, 0.2) is 5.78 Å². The molecule has 1 aromatic heterocycles. The number of ketones is 1. The van der Waals surface area contributed by atoms with Crippen molar-refractivity contribution in [1.29, 1.82) is 0 Å². The van der Waals surface area contributed by atoms with Gasteiger partial charge in [-0.1, -0.05) is 43.2 Å². The lowest BCUT2D eigenvalue weighted by Gasteiger charge is -2.07. The normalized spacial score (nSPS) is 11.4. The minimum absolute atomic E-state index is 0.0807. The number of carbonyl (C=O) groups is 1. The molecular weight excluding hydrogens is 258 g/mol. The lowest BCUT2D eigenvalue weighted by atomic mass is 9.97. The molecule has 0 spiro atoms. The molecule has 0 atom stereocenters. The van der Waals surface area contributed by atoms with Crippen molar-refractivity contribution in [2.45, 2.75) is 33.1 Å². The van der Waals surface area contributed by atoms with Gasteiger partial charge in [0.05, 0.1) is 0 Å². The molecule has 2 nitrogen and oxygen atoms in total. The van der Waals surface area contributed by atoms with E-state index in [1.54, 1.807) is 18.5 Å². The van der Waals surface area contributed by atoms with Crippen LogP contribution in [0.2, 0.25) is 0 Å². The third-order valence-electron chi connectivity index (χ3n) is 3.43. The van der Waals surface area contributed by atoms with E-state index in [4.69, 9.17) is 0 Å². The first-order valence-electron chi connectivity index (χ1n) is 7.42. The van der Waals surface area contributed by atoms with Crippen molar-refractivity contribution in [3.05, 3.63) is 71.1 Å². The van der Waals surface area contributed by atoms with Crippen LogP contribution in [0.3, 0.4) is 0 Å². The average molecular weight is 279 g/mol. The molecule has 1 aromatic carbocycles. The fourth-order valence-corrected chi connectivity index (χ4v) is 2.16. The molecule has 0 fully saturated rings. The van der Waals surface area contributed by atoms with Crippen LogP contribution in [0.25, 0.3) is 6.08 Å². The molecule has 108 valence electrons. The monoisotopic (exact) mass is 279 g/mol. The number of pyridine rings is 1. The van der Waals surface area contributed by atoms with Gasteiger partial charge < -0.3 is 0 Å². The van der Waals surface area contributed by atoms with Gasteiger partial charge in [0.25, 0.3) is 0 Å². The minimum atomic E-state index is 0.0807. The second-order valence-corrected chi connectivity index (χ2v) is 5.25. The summed E-state index contributed by atoms with van der Waals surface area (Å²) in [6, 6.07) is 11.9. The Balaban J connectivity index is 2.29. The predicted octanol–water partition coefficient (Wildman–Crippen LogP) is 4.85. The van der Waals surface area contributed by atoms with E-state index in [0.717, 1.165) is 30.4 Å². The number of Topliss-reactive ketones (excluding diaryl/α,β-unsaturated/α-hetero) is 1. The van der Waals surface area contributed by atoms with Crippen LogP contribution >= 0.6 is 0 Å². The lowest BCUT2D eigenvalue weighted by Crippen LogP contribution is -2.04. The fourth-order valence-electron chi connectivity index (χ4n) is 2.16. The van der Waals surface area contributed by atoms with Crippen molar-refractivity contribution in [2.24, 2.45) is 0 Å². The second kappa shape index (κ2) is 7.53. The topological polar surface area (TPSA) is 30.0 Å². The van der Waals surface area contributed by atoms with Gasteiger partial charge in [0, 0.05) is 23.5 Å². The smallest absolute Gasteiger partial charge is 0.190 e. The Hall–Kier alpha value is -2.22. The molecule has 0 aliphatic rings. The van der Waals surface area contributed by atoms with Gasteiger partial charge in [-0.05, 0) is 43.5 Å². The molecule has 2 rings (SSSR count). The molecule has 0 saturated heterocycles. The molecule has 2 aromatic rings. The predicted molar refractivity (Wildman–Crippen MR) is 87.2 cm³/mol. The van der Waals surface area contributed by atoms with Crippen molar-refractivity contribution in [1.82, 2.24) is 4.98 Å². The Morgan fingerprint density at radius 2 is 1.95 bits per heavy atom. The van der Waals surface area contributed by atoms with Gasteiger partial charge >= 0.3 is 0 Å². The van der Waals surface area contributed by atoms with Gasteiger partial charge in [-0.15, -0.1) is 0 Å². The maximum absolute atomic E-state index is 12.6. The van der Waals surface area contributed by atoms with E-state index in [1.807, 2.05) is 12.1 Å². The van der Waals surface area contributed by atoms with Crippen LogP contribution in [0, 0.1) is 6.92 Å². The van der Waals surface area contributed by atoms with E-state index < -0.39 is 0 Å². The number of hydrogen-bond donors (Lipinski definition) is 0. The maximum atomic E-state index is 12.6. The van der Waals surface area contributed by atoms with Gasteiger partial charge in [0.2, 0.25) is 0 Å². The van der Waals surface area contributed by atoms with Crippen molar-refractivity contribution < 1.29 is 4.79 Å². The number of hydrogen-bond acceptors (Lipinski definition) is 2. The summed E-state index contributed by atoms with van der Waals surface area (Å²) >= 11 is 0. The number of rotatable bonds is 6. The van der Waals surface area contributed by atoms with Crippen LogP contribution in [-0.2, 0) is 0 Å². The Kier molecular flexibility index (Phi) is 5.44. The van der Waals surface area contributed by atoms with Crippen LogP contribution in [0.15, 0.2) is 54.4 Å². The number of allylic oxidation sites excluding steroid dienone is 1. The molecule has 2 heteroatoms. The van der Waals surface area contributed by atoms with E-state index in [0.29, 0.717) is 5.56 Å². The van der Waals surface area contributed by atoms with Crippen LogP contribution in [0.1, 0.15) is 47.7 Å². The number of aryl methyl sites for hydroxylation is 1. The quantitative estimate of drug-likeness (QED) is 0.559. The van der Waals surface area contributed by atoms with Gasteiger partial charge in [-0.3, -0.25) is 9.78 Å². The van der Waals surface area contributed by atoms with E-state index in [1.165, 1.54) is 5.56 Å². The van der Waals surface area contributed by atoms with Crippen molar-refractivity contribution in [3.63, 3.8) is 0 Å². The Bertz CT molecular complexity index is 612. The van der Waals surface area contributed by atoms with Gasteiger partial charge in [-0.2, -0.15) is 0 Å². The highest BCUT2D eigenvalue weighted by Gasteiger charge is 2.12. The summed E-state index contributed by atoms with van der Waals surface area (Å²) < 4.78 is 0. The summed E-state index contributed by atoms with van der Waals surface area (Å²) in [5, 5.41) is 0. The molecule has 0 aliphatic heterocycles. The number of aromatic nitrogens is 1. The number of carbonyl (C=O) groups excluding carboxylic acids is 1. The standard InChI is InChI=1S/C19H21NO/c1-3-4-6-17(13-16-10-8-15(2)9-11-16)19(21)18-7-5-12-20-14-18/h5,7-14H,3-4,6H2,1-2H3/b17-13-. The third-order valence-corrected chi connectivity index (χ3v) is 3.43. The second-order valence-electron chi connectivity index (χ2n) is 5.25. The fraction of sp³-hybridized carbons (Fsp3) is 0.263. The molecule has 0 saturated carbocycles. The zero-order valence-electron chi connectivity index (χ0n) is 12.7.